The third kappa shape index (κ3) is 1.38. The Kier molecular flexibility index (Phi) is 1.86. The van der Waals surface area contributed by atoms with Crippen LogP contribution < -0.4 is 0 Å². The molecule has 3 unspecified atom stereocenters. The van der Waals surface area contributed by atoms with Gasteiger partial charge in [-0.3, -0.25) is 0 Å². The predicted molar refractivity (Wildman–Crippen MR) is 72.0 cm³/mol. The summed E-state index contributed by atoms with van der Waals surface area (Å²) < 4.78 is 2.35. The van der Waals surface area contributed by atoms with Crippen molar-refractivity contribution in [2.24, 2.45) is 5.92 Å². The van der Waals surface area contributed by atoms with E-state index in [1.807, 2.05) is 6.33 Å². The molecule has 0 bridgehead atoms. The second-order valence-electron chi connectivity index (χ2n) is 6.28. The van der Waals surface area contributed by atoms with Gasteiger partial charge in [-0.05, 0) is 48.6 Å². The van der Waals surface area contributed by atoms with E-state index in [2.05, 4.69) is 39.0 Å². The highest BCUT2D eigenvalue weighted by Crippen LogP contribution is 2.65. The molecule has 3 aliphatic carbocycles. The molecule has 3 aliphatic rings. The molecule has 19 heavy (non-hydrogen) atoms. The van der Waals surface area contributed by atoms with Gasteiger partial charge >= 0.3 is 0 Å². The van der Waals surface area contributed by atoms with Gasteiger partial charge in [0.15, 0.2) is 0 Å². The van der Waals surface area contributed by atoms with Crippen LogP contribution in [0.25, 0.3) is 0 Å². The van der Waals surface area contributed by atoms with Crippen LogP contribution in [0.1, 0.15) is 54.1 Å². The summed E-state index contributed by atoms with van der Waals surface area (Å²) in [7, 11) is 0. The van der Waals surface area contributed by atoms with Gasteiger partial charge in [-0.1, -0.05) is 24.3 Å². The fraction of sp³-hybridized carbons (Fsp3) is 0.500. The minimum absolute atomic E-state index is 0.631. The van der Waals surface area contributed by atoms with Crippen molar-refractivity contribution in [1.82, 2.24) is 14.8 Å². The summed E-state index contributed by atoms with van der Waals surface area (Å²) in [5.74, 6) is 3.42. The van der Waals surface area contributed by atoms with Crippen LogP contribution in [0.4, 0.5) is 0 Å². The first-order valence-corrected chi connectivity index (χ1v) is 7.40. The monoisotopic (exact) mass is 251 g/mol. The summed E-state index contributed by atoms with van der Waals surface area (Å²) in [6, 6.07) is 9.67. The Labute approximate surface area is 112 Å². The highest BCUT2D eigenvalue weighted by molar-refractivity contribution is 5.43. The lowest BCUT2D eigenvalue weighted by molar-refractivity contribution is 0.631. The number of benzene rings is 1. The molecule has 0 aliphatic heterocycles. The third-order valence-electron chi connectivity index (χ3n) is 5.17. The van der Waals surface area contributed by atoms with E-state index < -0.39 is 0 Å². The Morgan fingerprint density at radius 2 is 1.95 bits per heavy atom. The van der Waals surface area contributed by atoms with E-state index in [0.29, 0.717) is 17.9 Å². The zero-order chi connectivity index (χ0) is 12.4. The number of rotatable bonds is 2. The van der Waals surface area contributed by atoms with Crippen LogP contribution in [0.5, 0.6) is 0 Å². The quantitative estimate of drug-likeness (QED) is 0.821. The summed E-state index contributed by atoms with van der Waals surface area (Å²) in [5, 5.41) is 8.62. The summed E-state index contributed by atoms with van der Waals surface area (Å²) in [6.45, 7) is 0. The Balaban J connectivity index is 1.55. The molecule has 1 aromatic carbocycles. The van der Waals surface area contributed by atoms with Crippen molar-refractivity contribution in [2.45, 2.75) is 43.6 Å². The molecular formula is C16H17N3. The lowest BCUT2D eigenvalue weighted by Gasteiger charge is -2.13. The van der Waals surface area contributed by atoms with E-state index in [9.17, 15) is 0 Å². The first-order valence-electron chi connectivity index (χ1n) is 7.40. The molecular weight excluding hydrogens is 234 g/mol. The predicted octanol–water partition coefficient (Wildman–Crippen LogP) is 3.06. The van der Waals surface area contributed by atoms with Crippen LogP contribution in [0.15, 0.2) is 30.6 Å². The summed E-state index contributed by atoms with van der Waals surface area (Å²) in [4.78, 5) is 0. The minimum atomic E-state index is 0.631. The van der Waals surface area contributed by atoms with Gasteiger partial charge in [0.1, 0.15) is 12.2 Å². The van der Waals surface area contributed by atoms with E-state index in [1.54, 1.807) is 11.1 Å². The largest absolute Gasteiger partial charge is 0.314 e. The highest BCUT2D eigenvalue weighted by Gasteiger charge is 2.56. The van der Waals surface area contributed by atoms with Crippen molar-refractivity contribution in [2.75, 3.05) is 0 Å². The van der Waals surface area contributed by atoms with Crippen LogP contribution in [-0.4, -0.2) is 14.8 Å². The average molecular weight is 251 g/mol. The van der Waals surface area contributed by atoms with Gasteiger partial charge in [0, 0.05) is 12.0 Å². The van der Waals surface area contributed by atoms with Gasteiger partial charge in [-0.15, -0.1) is 10.2 Å². The maximum Gasteiger partial charge on any atom is 0.137 e. The molecule has 0 spiro atoms. The van der Waals surface area contributed by atoms with Gasteiger partial charge in [-0.25, -0.2) is 0 Å². The Bertz CT molecular complexity index is 641. The van der Waals surface area contributed by atoms with Crippen molar-refractivity contribution in [3.8, 4) is 0 Å². The SMILES string of the molecule is c1ccc2c(c1)CCC1C2C1c1nncn1C1CC1. The Hall–Kier alpha value is -1.64. The molecule has 5 rings (SSSR count). The molecule has 3 atom stereocenters. The second kappa shape index (κ2) is 3.47. The van der Waals surface area contributed by atoms with Crippen LogP contribution in [0.2, 0.25) is 0 Å². The number of fused-ring (bicyclic) bond motifs is 3. The van der Waals surface area contributed by atoms with Gasteiger partial charge in [-0.2, -0.15) is 0 Å². The van der Waals surface area contributed by atoms with E-state index in [0.717, 1.165) is 5.92 Å². The highest BCUT2D eigenvalue weighted by atomic mass is 15.3. The molecule has 2 saturated carbocycles. The standard InChI is InChI=1S/C16H17N3/c1-2-4-12-10(3-1)5-8-13-14(12)15(13)16-18-17-9-19(16)11-6-7-11/h1-4,9,11,13-15H,5-8H2. The van der Waals surface area contributed by atoms with Crippen LogP contribution in [0.3, 0.4) is 0 Å². The van der Waals surface area contributed by atoms with Crippen molar-refractivity contribution < 1.29 is 0 Å². The number of aryl methyl sites for hydroxylation is 1. The third-order valence-corrected chi connectivity index (χ3v) is 5.17. The molecule has 0 radical (unpaired) electrons. The number of hydrogen-bond donors (Lipinski definition) is 0. The second-order valence-corrected chi connectivity index (χ2v) is 6.28. The number of nitrogens with zero attached hydrogens (tertiary/aromatic N) is 3. The van der Waals surface area contributed by atoms with Gasteiger partial charge in [0.25, 0.3) is 0 Å². The first kappa shape index (κ1) is 10.2. The molecule has 96 valence electrons. The number of hydrogen-bond acceptors (Lipinski definition) is 2. The van der Waals surface area contributed by atoms with Gasteiger partial charge in [0.2, 0.25) is 0 Å². The summed E-state index contributed by atoms with van der Waals surface area (Å²) in [5.41, 5.74) is 3.14. The topological polar surface area (TPSA) is 30.7 Å². The maximum absolute atomic E-state index is 4.45. The zero-order valence-electron chi connectivity index (χ0n) is 10.9. The number of aromatic nitrogens is 3. The zero-order valence-corrected chi connectivity index (χ0v) is 10.9. The van der Waals surface area contributed by atoms with Crippen molar-refractivity contribution in [3.05, 3.63) is 47.5 Å². The van der Waals surface area contributed by atoms with E-state index >= 15 is 0 Å². The summed E-state index contributed by atoms with van der Waals surface area (Å²) >= 11 is 0. The molecule has 0 amide bonds. The lowest BCUT2D eigenvalue weighted by atomic mass is 9.92. The minimum Gasteiger partial charge on any atom is -0.314 e. The fourth-order valence-corrected chi connectivity index (χ4v) is 4.04. The van der Waals surface area contributed by atoms with E-state index in [-0.39, 0.29) is 0 Å². The van der Waals surface area contributed by atoms with Crippen LogP contribution >= 0.6 is 0 Å². The van der Waals surface area contributed by atoms with Gasteiger partial charge in [0.05, 0.1) is 0 Å². The van der Waals surface area contributed by atoms with Crippen LogP contribution in [0, 0.1) is 5.92 Å². The fourth-order valence-electron chi connectivity index (χ4n) is 4.04. The van der Waals surface area contributed by atoms with Crippen molar-refractivity contribution in [3.63, 3.8) is 0 Å². The normalized spacial score (nSPS) is 31.7. The van der Waals surface area contributed by atoms with E-state index in [1.165, 1.54) is 31.5 Å². The Morgan fingerprint density at radius 3 is 2.84 bits per heavy atom. The van der Waals surface area contributed by atoms with Crippen LogP contribution in [-0.2, 0) is 6.42 Å². The maximum atomic E-state index is 4.45. The molecule has 2 aromatic rings. The molecule has 3 nitrogen and oxygen atoms in total. The lowest BCUT2D eigenvalue weighted by Crippen LogP contribution is -2.00. The molecule has 3 heteroatoms. The van der Waals surface area contributed by atoms with Crippen molar-refractivity contribution >= 4 is 0 Å². The van der Waals surface area contributed by atoms with Crippen molar-refractivity contribution in [1.29, 1.82) is 0 Å². The molecule has 1 aromatic heterocycles. The molecule has 1 heterocycles. The molecule has 0 saturated heterocycles. The van der Waals surface area contributed by atoms with Gasteiger partial charge < -0.3 is 4.57 Å². The molecule has 2 fully saturated rings. The summed E-state index contributed by atoms with van der Waals surface area (Å²) in [6.07, 6.45) is 7.13. The Morgan fingerprint density at radius 1 is 1.05 bits per heavy atom. The first-order chi connectivity index (χ1) is 9.43. The van der Waals surface area contributed by atoms with E-state index in [4.69, 9.17) is 0 Å². The average Bonchev–Trinajstić information content (AvgIpc) is 3.37. The molecule has 0 N–H and O–H groups in total. The smallest absolute Gasteiger partial charge is 0.137 e.